The van der Waals surface area contributed by atoms with Crippen LogP contribution in [0.25, 0.3) is 39.5 Å². The van der Waals surface area contributed by atoms with Crippen molar-refractivity contribution in [1.29, 1.82) is 0 Å². The van der Waals surface area contributed by atoms with Crippen LogP contribution in [0.4, 0.5) is 10.8 Å². The molecule has 0 radical (unpaired) electrons. The third-order valence-electron chi connectivity index (χ3n) is 7.64. The monoisotopic (exact) mass is 727 g/mol. The van der Waals surface area contributed by atoms with E-state index >= 15 is 0 Å². The quantitative estimate of drug-likeness (QED) is 0.115. The molecule has 7 aromatic rings. The summed E-state index contributed by atoms with van der Waals surface area (Å²) in [6.45, 7) is 0. The topological polar surface area (TPSA) is 71.3 Å². The second-order valence-corrected chi connectivity index (χ2v) is 13.0. The lowest BCUT2D eigenvalue weighted by Crippen LogP contribution is -2.17. The molecular weight excluding hydrogens is 702 g/mol. The Morgan fingerprint density at radius 1 is 0.792 bits per heavy atom. The van der Waals surface area contributed by atoms with Crippen LogP contribution in [0.15, 0.2) is 154 Å². The smallest absolute Gasteiger partial charge is 0.271 e. The van der Waals surface area contributed by atoms with Crippen LogP contribution < -0.4 is 10.7 Å². The summed E-state index contributed by atoms with van der Waals surface area (Å²) in [5.41, 5.74) is 11.8. The SMILES string of the molecule is O=C(N/N=C\c1cc(-c2ccccc2)n(-c2ccc(Br)cc2)c1-c1ccccc1)c1ccc(-c2csc(Nc3ccc(Cl)cc3)n2)cc1. The molecule has 2 aromatic heterocycles. The fraction of sp³-hybridized carbons (Fsp3) is 0. The molecule has 0 bridgehead atoms. The maximum Gasteiger partial charge on any atom is 0.271 e. The average molecular weight is 729 g/mol. The van der Waals surface area contributed by atoms with E-state index in [-0.39, 0.29) is 5.91 Å². The van der Waals surface area contributed by atoms with Gasteiger partial charge in [0.1, 0.15) is 0 Å². The number of anilines is 2. The Kier molecular flexibility index (Phi) is 9.29. The molecule has 0 spiro atoms. The molecule has 2 heterocycles. The Bertz CT molecular complexity index is 2200. The molecule has 0 aliphatic carbocycles. The van der Waals surface area contributed by atoms with E-state index in [2.05, 4.69) is 78.8 Å². The number of carbonyl (C=O) groups is 1. The molecule has 7 rings (SSSR count). The van der Waals surface area contributed by atoms with Crippen LogP contribution in [0.5, 0.6) is 0 Å². The van der Waals surface area contributed by atoms with Gasteiger partial charge in [-0.15, -0.1) is 11.3 Å². The summed E-state index contributed by atoms with van der Waals surface area (Å²) in [5, 5.41) is 11.1. The van der Waals surface area contributed by atoms with E-state index in [1.165, 1.54) is 11.3 Å². The van der Waals surface area contributed by atoms with Crippen LogP contribution in [0.2, 0.25) is 5.02 Å². The summed E-state index contributed by atoms with van der Waals surface area (Å²) in [6.07, 6.45) is 1.71. The standard InChI is InChI=1S/C39H27BrClN5OS/c40-31-15-21-34(22-16-31)46-36(27-7-3-1-4-8-27)23-30(37(46)28-9-5-2-6-10-28)24-42-45-38(47)29-13-11-26(12-14-29)35-25-48-39(44-35)43-33-19-17-32(41)18-20-33/h1-25H,(H,43,44)(H,45,47)/b42-24-. The van der Waals surface area contributed by atoms with Crippen LogP contribution in [0, 0.1) is 0 Å². The number of carbonyl (C=O) groups excluding carboxylic acids is 1. The Labute approximate surface area is 295 Å². The van der Waals surface area contributed by atoms with Gasteiger partial charge >= 0.3 is 0 Å². The minimum atomic E-state index is -0.307. The van der Waals surface area contributed by atoms with E-state index in [4.69, 9.17) is 16.6 Å². The second kappa shape index (κ2) is 14.2. The number of benzene rings is 5. The first-order valence-electron chi connectivity index (χ1n) is 15.1. The number of hydrogen-bond acceptors (Lipinski definition) is 5. The fourth-order valence-corrected chi connectivity index (χ4v) is 6.47. The Hall–Kier alpha value is -5.28. The van der Waals surface area contributed by atoms with Crippen molar-refractivity contribution in [1.82, 2.24) is 15.0 Å². The van der Waals surface area contributed by atoms with Crippen molar-refractivity contribution in [3.8, 4) is 39.5 Å². The van der Waals surface area contributed by atoms with E-state index in [1.807, 2.05) is 90.3 Å². The van der Waals surface area contributed by atoms with Gasteiger partial charge in [-0.1, -0.05) is 100 Å². The predicted molar refractivity (Wildman–Crippen MR) is 202 cm³/mol. The van der Waals surface area contributed by atoms with Crippen molar-refractivity contribution < 1.29 is 4.79 Å². The van der Waals surface area contributed by atoms with Gasteiger partial charge in [0.2, 0.25) is 0 Å². The molecule has 0 aliphatic rings. The van der Waals surface area contributed by atoms with Gasteiger partial charge in [-0.2, -0.15) is 5.10 Å². The maximum atomic E-state index is 13.1. The number of hydrazone groups is 1. The van der Waals surface area contributed by atoms with E-state index in [0.717, 1.165) is 60.3 Å². The van der Waals surface area contributed by atoms with Crippen molar-refractivity contribution in [2.24, 2.45) is 5.10 Å². The number of nitrogens with zero attached hydrogens (tertiary/aromatic N) is 3. The molecule has 0 unspecified atom stereocenters. The van der Waals surface area contributed by atoms with Crippen molar-refractivity contribution in [2.45, 2.75) is 0 Å². The molecule has 1 amide bonds. The van der Waals surface area contributed by atoms with Crippen molar-refractivity contribution in [2.75, 3.05) is 5.32 Å². The molecule has 234 valence electrons. The van der Waals surface area contributed by atoms with Gasteiger partial charge in [-0.3, -0.25) is 4.79 Å². The van der Waals surface area contributed by atoms with Crippen LogP contribution in [0.3, 0.4) is 0 Å². The lowest BCUT2D eigenvalue weighted by molar-refractivity contribution is 0.0955. The molecule has 5 aromatic carbocycles. The predicted octanol–water partition coefficient (Wildman–Crippen LogP) is 10.9. The van der Waals surface area contributed by atoms with Gasteiger partial charge in [-0.05, 0) is 77.9 Å². The molecule has 0 fully saturated rings. The van der Waals surface area contributed by atoms with Crippen molar-refractivity contribution >= 4 is 61.8 Å². The van der Waals surface area contributed by atoms with Gasteiger partial charge < -0.3 is 9.88 Å². The molecule has 2 N–H and O–H groups in total. The van der Waals surface area contributed by atoms with E-state index in [0.29, 0.717) is 10.6 Å². The van der Waals surface area contributed by atoms with Gasteiger partial charge in [0.15, 0.2) is 5.13 Å². The summed E-state index contributed by atoms with van der Waals surface area (Å²) in [7, 11) is 0. The molecule has 6 nitrogen and oxygen atoms in total. The lowest BCUT2D eigenvalue weighted by atomic mass is 10.1. The molecule has 0 atom stereocenters. The van der Waals surface area contributed by atoms with Crippen LogP contribution in [-0.2, 0) is 0 Å². The van der Waals surface area contributed by atoms with Crippen LogP contribution in [0.1, 0.15) is 15.9 Å². The van der Waals surface area contributed by atoms with Crippen molar-refractivity contribution in [3.05, 3.63) is 166 Å². The largest absolute Gasteiger partial charge is 0.332 e. The average Bonchev–Trinajstić information content (AvgIpc) is 3.75. The molecule has 0 saturated carbocycles. The molecule has 48 heavy (non-hydrogen) atoms. The second-order valence-electron chi connectivity index (χ2n) is 10.8. The zero-order valence-corrected chi connectivity index (χ0v) is 28.5. The van der Waals surface area contributed by atoms with E-state index < -0.39 is 0 Å². The third kappa shape index (κ3) is 7.01. The number of thiazole rings is 1. The zero-order valence-electron chi connectivity index (χ0n) is 25.3. The number of nitrogens with one attached hydrogen (secondary N) is 2. The summed E-state index contributed by atoms with van der Waals surface area (Å²) in [4.78, 5) is 17.8. The van der Waals surface area contributed by atoms with E-state index in [1.54, 1.807) is 18.3 Å². The summed E-state index contributed by atoms with van der Waals surface area (Å²) in [6, 6.07) is 45.6. The van der Waals surface area contributed by atoms with Gasteiger partial charge in [0, 0.05) is 42.9 Å². The number of hydrogen-bond donors (Lipinski definition) is 2. The van der Waals surface area contributed by atoms with Gasteiger partial charge in [0.25, 0.3) is 5.91 Å². The first-order valence-corrected chi connectivity index (χ1v) is 17.1. The highest BCUT2D eigenvalue weighted by Crippen LogP contribution is 2.36. The summed E-state index contributed by atoms with van der Waals surface area (Å²) in [5.74, 6) is -0.307. The van der Waals surface area contributed by atoms with Crippen molar-refractivity contribution in [3.63, 3.8) is 0 Å². The van der Waals surface area contributed by atoms with Gasteiger partial charge in [0.05, 0.1) is 23.3 Å². The number of rotatable bonds is 9. The summed E-state index contributed by atoms with van der Waals surface area (Å²) >= 11 is 11.1. The molecule has 0 saturated heterocycles. The molecule has 0 aliphatic heterocycles. The maximum absolute atomic E-state index is 13.1. The highest BCUT2D eigenvalue weighted by atomic mass is 79.9. The highest BCUT2D eigenvalue weighted by molar-refractivity contribution is 9.10. The normalized spacial score (nSPS) is 11.1. The highest BCUT2D eigenvalue weighted by Gasteiger charge is 2.19. The number of aromatic nitrogens is 2. The Morgan fingerprint density at radius 3 is 2.15 bits per heavy atom. The zero-order chi connectivity index (χ0) is 32.9. The number of halogens is 2. The Balaban J connectivity index is 1.13. The minimum absolute atomic E-state index is 0.307. The van der Waals surface area contributed by atoms with Crippen LogP contribution in [-0.4, -0.2) is 21.7 Å². The molecular formula is C39H27BrClN5OS. The number of amides is 1. The fourth-order valence-electron chi connectivity index (χ4n) is 5.34. The summed E-state index contributed by atoms with van der Waals surface area (Å²) < 4.78 is 3.23. The minimum Gasteiger partial charge on any atom is -0.332 e. The third-order valence-corrected chi connectivity index (χ3v) is 9.18. The van der Waals surface area contributed by atoms with Gasteiger partial charge in [-0.25, -0.2) is 10.4 Å². The lowest BCUT2D eigenvalue weighted by Gasteiger charge is -2.15. The first-order chi connectivity index (χ1) is 23.5. The van der Waals surface area contributed by atoms with Crippen LogP contribution >= 0.6 is 38.9 Å². The van der Waals surface area contributed by atoms with E-state index in [9.17, 15) is 4.79 Å². The Morgan fingerprint density at radius 2 is 1.46 bits per heavy atom. The first kappa shape index (κ1) is 31.3. The molecule has 9 heteroatoms.